The smallest absolute Gasteiger partial charge is 0.167 e. The van der Waals surface area contributed by atoms with Gasteiger partial charge in [0.2, 0.25) is 0 Å². The third kappa shape index (κ3) is 7.10. The predicted octanol–water partition coefficient (Wildman–Crippen LogP) is 6.04. The average molecular weight is 589 g/mol. The highest BCUT2D eigenvalue weighted by Gasteiger charge is 2.15. The minimum atomic E-state index is 0.128. The van der Waals surface area contributed by atoms with E-state index in [9.17, 15) is 4.79 Å². The molecule has 1 aliphatic rings. The Labute approximate surface area is 257 Å². The number of rotatable bonds is 9. The molecule has 43 heavy (non-hydrogen) atoms. The Hall–Kier alpha value is -4.11. The van der Waals surface area contributed by atoms with Gasteiger partial charge in [0.25, 0.3) is 0 Å². The van der Waals surface area contributed by atoms with Gasteiger partial charge in [0.1, 0.15) is 5.82 Å². The Morgan fingerprint density at radius 3 is 2.40 bits per heavy atom. The lowest BCUT2D eigenvalue weighted by molar-refractivity contribution is 0.0993. The van der Waals surface area contributed by atoms with E-state index in [0.29, 0.717) is 12.8 Å². The summed E-state index contributed by atoms with van der Waals surface area (Å²) >= 11 is 1.47. The van der Waals surface area contributed by atoms with Gasteiger partial charge in [-0.25, -0.2) is 14.3 Å². The Bertz CT molecular complexity index is 1720. The number of ketones is 1. The molecule has 2 aromatic carbocycles. The molecule has 3 aromatic heterocycles. The first-order valence-corrected chi connectivity index (χ1v) is 15.5. The zero-order valence-corrected chi connectivity index (χ0v) is 25.8. The summed E-state index contributed by atoms with van der Waals surface area (Å²) in [7, 11) is 2.17. The Morgan fingerprint density at radius 1 is 0.860 bits per heavy atom. The van der Waals surface area contributed by atoms with E-state index in [1.807, 2.05) is 42.9 Å². The van der Waals surface area contributed by atoms with E-state index in [2.05, 4.69) is 75.4 Å². The van der Waals surface area contributed by atoms with Gasteiger partial charge in [-0.3, -0.25) is 14.7 Å². The van der Waals surface area contributed by atoms with E-state index in [4.69, 9.17) is 4.98 Å². The predicted molar refractivity (Wildman–Crippen MR) is 172 cm³/mol. The Morgan fingerprint density at radius 2 is 1.63 bits per heavy atom. The Balaban J connectivity index is 1.13. The van der Waals surface area contributed by atoms with Crippen LogP contribution in [-0.4, -0.2) is 68.1 Å². The number of hydrogen-bond acceptors (Lipinski definition) is 8. The molecule has 4 heterocycles. The van der Waals surface area contributed by atoms with E-state index in [1.165, 1.54) is 17.1 Å². The number of carbonyl (C=O) groups excluding carboxylic acids is 1. The monoisotopic (exact) mass is 588 g/mol. The third-order valence-electron chi connectivity index (χ3n) is 8.15. The summed E-state index contributed by atoms with van der Waals surface area (Å²) in [5, 5.41) is 0. The van der Waals surface area contributed by atoms with E-state index in [-0.39, 0.29) is 5.78 Å². The minimum Gasteiger partial charge on any atom is -0.304 e. The van der Waals surface area contributed by atoms with Gasteiger partial charge in [-0.05, 0) is 72.4 Å². The number of aryl methyl sites for hydroxylation is 2. The maximum absolute atomic E-state index is 13.2. The van der Waals surface area contributed by atoms with Crippen molar-refractivity contribution in [3.63, 3.8) is 0 Å². The van der Waals surface area contributed by atoms with Crippen molar-refractivity contribution >= 4 is 17.3 Å². The van der Waals surface area contributed by atoms with Gasteiger partial charge in [0, 0.05) is 87.0 Å². The summed E-state index contributed by atoms with van der Waals surface area (Å²) in [6.07, 6.45) is 8.34. The molecule has 0 N–H and O–H groups in total. The van der Waals surface area contributed by atoms with Gasteiger partial charge < -0.3 is 4.90 Å². The standard InChI is InChI=1S/C35H36N6OS/c1-24-4-5-27(17-33(42)28-8-6-26(7-9-28)23-41-14-12-40(3)13-15-41)16-29(24)19-34-37-11-10-32(39-34)30-18-31(22-36-21-30)35-25(2)20-38-43-35/h4-11,16,18,20-22H,12-15,17,19,23H2,1-3H3. The fourth-order valence-electron chi connectivity index (χ4n) is 5.46. The van der Waals surface area contributed by atoms with Crippen LogP contribution in [-0.2, 0) is 19.4 Å². The van der Waals surface area contributed by atoms with Gasteiger partial charge in [-0.2, -0.15) is 0 Å². The van der Waals surface area contributed by atoms with E-state index in [0.717, 1.165) is 88.1 Å². The van der Waals surface area contributed by atoms with Crippen molar-refractivity contribution in [1.29, 1.82) is 0 Å². The zero-order valence-electron chi connectivity index (χ0n) is 25.0. The second-order valence-electron chi connectivity index (χ2n) is 11.5. The first kappa shape index (κ1) is 29.0. The number of hydrogen-bond donors (Lipinski definition) is 0. The van der Waals surface area contributed by atoms with Crippen LogP contribution in [0, 0.1) is 13.8 Å². The molecule has 5 aromatic rings. The van der Waals surface area contributed by atoms with E-state index < -0.39 is 0 Å². The van der Waals surface area contributed by atoms with Crippen molar-refractivity contribution in [1.82, 2.24) is 29.1 Å². The molecule has 1 aliphatic heterocycles. The molecule has 6 rings (SSSR count). The molecule has 218 valence electrons. The van der Waals surface area contributed by atoms with Crippen molar-refractivity contribution in [3.05, 3.63) is 119 Å². The number of pyridine rings is 1. The van der Waals surface area contributed by atoms with Crippen LogP contribution in [0.1, 0.15) is 44.0 Å². The summed E-state index contributed by atoms with van der Waals surface area (Å²) in [4.78, 5) is 33.1. The molecule has 0 radical (unpaired) electrons. The van der Waals surface area contributed by atoms with Crippen LogP contribution in [0.3, 0.4) is 0 Å². The quantitative estimate of drug-likeness (QED) is 0.194. The molecule has 0 amide bonds. The number of carbonyl (C=O) groups is 1. The van der Waals surface area contributed by atoms with Crippen molar-refractivity contribution in [2.75, 3.05) is 33.2 Å². The number of Topliss-reactive ketones (excluding diaryl/α,β-unsaturated/α-hetero) is 1. The van der Waals surface area contributed by atoms with Crippen LogP contribution in [0.15, 0.2) is 79.4 Å². The molecule has 8 heteroatoms. The summed E-state index contributed by atoms with van der Waals surface area (Å²) in [6, 6.07) is 18.4. The van der Waals surface area contributed by atoms with Crippen LogP contribution in [0.5, 0.6) is 0 Å². The maximum Gasteiger partial charge on any atom is 0.167 e. The summed E-state index contributed by atoms with van der Waals surface area (Å²) in [5.74, 6) is 0.863. The lowest BCUT2D eigenvalue weighted by Crippen LogP contribution is -2.43. The molecule has 0 aliphatic carbocycles. The number of piperazine rings is 1. The largest absolute Gasteiger partial charge is 0.304 e. The summed E-state index contributed by atoms with van der Waals surface area (Å²) < 4.78 is 4.30. The van der Waals surface area contributed by atoms with Crippen molar-refractivity contribution < 1.29 is 4.79 Å². The fraction of sp³-hybridized carbons (Fsp3) is 0.286. The lowest BCUT2D eigenvalue weighted by atomic mass is 9.97. The summed E-state index contributed by atoms with van der Waals surface area (Å²) in [5.41, 5.74) is 9.24. The third-order valence-corrected chi connectivity index (χ3v) is 9.11. The van der Waals surface area contributed by atoms with Gasteiger partial charge >= 0.3 is 0 Å². The van der Waals surface area contributed by atoms with Gasteiger partial charge in [0.05, 0.1) is 10.6 Å². The first-order chi connectivity index (χ1) is 20.9. The lowest BCUT2D eigenvalue weighted by Gasteiger charge is -2.32. The van der Waals surface area contributed by atoms with Crippen LogP contribution in [0.25, 0.3) is 21.7 Å². The molecular weight excluding hydrogens is 552 g/mol. The molecule has 1 saturated heterocycles. The summed E-state index contributed by atoms with van der Waals surface area (Å²) in [6.45, 7) is 9.46. The van der Waals surface area contributed by atoms with Gasteiger partial charge in [0.15, 0.2) is 5.78 Å². The number of nitrogens with zero attached hydrogens (tertiary/aromatic N) is 6. The highest BCUT2D eigenvalue weighted by molar-refractivity contribution is 7.09. The number of likely N-dealkylation sites (N-methyl/N-ethyl adjacent to an activating group) is 1. The Kier molecular flexibility index (Phi) is 8.79. The van der Waals surface area contributed by atoms with Crippen LogP contribution < -0.4 is 0 Å². The normalized spacial score (nSPS) is 14.2. The highest BCUT2D eigenvalue weighted by atomic mass is 32.1. The van der Waals surface area contributed by atoms with Crippen LogP contribution in [0.4, 0.5) is 0 Å². The maximum atomic E-state index is 13.2. The molecule has 0 spiro atoms. The molecule has 7 nitrogen and oxygen atoms in total. The second-order valence-corrected chi connectivity index (χ2v) is 12.3. The number of benzene rings is 2. The topological polar surface area (TPSA) is 75.1 Å². The minimum absolute atomic E-state index is 0.128. The molecule has 0 saturated carbocycles. The van der Waals surface area contributed by atoms with Crippen molar-refractivity contribution in [2.45, 2.75) is 33.2 Å². The molecule has 0 bridgehead atoms. The van der Waals surface area contributed by atoms with Gasteiger partial charge in [-0.15, -0.1) is 0 Å². The zero-order chi connectivity index (χ0) is 29.8. The SMILES string of the molecule is Cc1ccc(CC(=O)c2ccc(CN3CCN(C)CC3)cc2)cc1Cc1nccc(-c2cncc(-c3sncc3C)c2)n1. The van der Waals surface area contributed by atoms with E-state index in [1.54, 1.807) is 6.20 Å². The first-order valence-electron chi connectivity index (χ1n) is 14.7. The molecule has 0 unspecified atom stereocenters. The van der Waals surface area contributed by atoms with E-state index >= 15 is 0 Å². The fourth-order valence-corrected chi connectivity index (χ4v) is 6.19. The van der Waals surface area contributed by atoms with Crippen LogP contribution >= 0.6 is 11.5 Å². The highest BCUT2D eigenvalue weighted by Crippen LogP contribution is 2.29. The molecule has 1 fully saturated rings. The van der Waals surface area contributed by atoms with Crippen LogP contribution in [0.2, 0.25) is 0 Å². The van der Waals surface area contributed by atoms with Crippen molar-refractivity contribution in [2.24, 2.45) is 0 Å². The molecular formula is C35H36N6OS. The molecule has 0 atom stereocenters. The average Bonchev–Trinajstić information content (AvgIpc) is 3.46. The van der Waals surface area contributed by atoms with Gasteiger partial charge in [-0.1, -0.05) is 42.5 Å². The number of aromatic nitrogens is 4. The second kappa shape index (κ2) is 13.0. The van der Waals surface area contributed by atoms with Crippen molar-refractivity contribution in [3.8, 4) is 21.7 Å².